The van der Waals surface area contributed by atoms with Crippen LogP contribution < -0.4 is 19.1 Å². The zero-order chi connectivity index (χ0) is 23.0. The van der Waals surface area contributed by atoms with E-state index in [1.807, 2.05) is 30.3 Å². The van der Waals surface area contributed by atoms with Crippen molar-refractivity contribution in [2.75, 3.05) is 65.1 Å². The quantitative estimate of drug-likeness (QED) is 0.412. The Morgan fingerprint density at radius 1 is 1.12 bits per heavy atom. The van der Waals surface area contributed by atoms with Gasteiger partial charge in [-0.15, -0.1) is 12.4 Å². The first-order valence-electron chi connectivity index (χ1n) is 11.0. The first kappa shape index (κ1) is 26.0. The van der Waals surface area contributed by atoms with E-state index in [2.05, 4.69) is 4.90 Å². The molecule has 10 heteroatoms. The number of para-hydroxylation sites is 2. The molecule has 3 aromatic rings. The molecule has 0 radical (unpaired) electrons. The van der Waals surface area contributed by atoms with E-state index >= 15 is 0 Å². The van der Waals surface area contributed by atoms with E-state index in [4.69, 9.17) is 23.9 Å². The van der Waals surface area contributed by atoms with E-state index in [0.717, 1.165) is 55.2 Å². The summed E-state index contributed by atoms with van der Waals surface area (Å²) in [5, 5.41) is 0.661. The standard InChI is InChI=1S/C24H29N3O5S.ClH/c1-29-18-8-9-22-19(16-18)25-24(33-22)27(11-5-10-26-12-14-31-15-13-26)23(28)17-32-21-7-4-3-6-20(21)30-2;/h3-4,6-9,16H,5,10-15,17H2,1-2H3;1H. The van der Waals surface area contributed by atoms with Crippen LogP contribution >= 0.6 is 23.7 Å². The van der Waals surface area contributed by atoms with Crippen LogP contribution in [0.2, 0.25) is 0 Å². The molecule has 1 aromatic heterocycles. The predicted octanol–water partition coefficient (Wildman–Crippen LogP) is 3.87. The molecule has 0 aliphatic carbocycles. The summed E-state index contributed by atoms with van der Waals surface area (Å²) in [6.45, 7) is 4.72. The Balaban J connectivity index is 0.00000324. The van der Waals surface area contributed by atoms with Gasteiger partial charge in [0.15, 0.2) is 23.2 Å². The van der Waals surface area contributed by atoms with E-state index in [0.29, 0.717) is 23.2 Å². The average molecular weight is 508 g/mol. The van der Waals surface area contributed by atoms with Crippen LogP contribution in [0.3, 0.4) is 0 Å². The third kappa shape index (κ3) is 6.50. The minimum absolute atomic E-state index is 0. The number of methoxy groups -OCH3 is 2. The van der Waals surface area contributed by atoms with Crippen LogP contribution in [0, 0.1) is 0 Å². The molecule has 1 saturated heterocycles. The number of anilines is 1. The van der Waals surface area contributed by atoms with Gasteiger partial charge in [0.25, 0.3) is 5.91 Å². The largest absolute Gasteiger partial charge is 0.497 e. The van der Waals surface area contributed by atoms with Gasteiger partial charge in [-0.25, -0.2) is 4.98 Å². The Labute approximate surface area is 209 Å². The monoisotopic (exact) mass is 507 g/mol. The Bertz CT molecular complexity index is 1070. The molecule has 1 fully saturated rings. The van der Waals surface area contributed by atoms with Crippen molar-refractivity contribution in [2.24, 2.45) is 0 Å². The average Bonchev–Trinajstić information content (AvgIpc) is 3.28. The number of carbonyl (C=O) groups excluding carboxylic acids is 1. The van der Waals surface area contributed by atoms with Gasteiger partial charge < -0.3 is 18.9 Å². The maximum absolute atomic E-state index is 13.3. The van der Waals surface area contributed by atoms with Crippen molar-refractivity contribution in [3.63, 3.8) is 0 Å². The van der Waals surface area contributed by atoms with Crippen molar-refractivity contribution in [3.8, 4) is 17.2 Å². The van der Waals surface area contributed by atoms with Gasteiger partial charge in [0.05, 0.1) is 37.6 Å². The highest BCUT2D eigenvalue weighted by molar-refractivity contribution is 7.22. The molecule has 8 nitrogen and oxygen atoms in total. The van der Waals surface area contributed by atoms with E-state index < -0.39 is 0 Å². The van der Waals surface area contributed by atoms with Crippen LogP contribution in [-0.4, -0.2) is 76.0 Å². The molecule has 0 spiro atoms. The van der Waals surface area contributed by atoms with Crippen LogP contribution in [0.5, 0.6) is 17.2 Å². The highest BCUT2D eigenvalue weighted by Gasteiger charge is 2.22. The lowest BCUT2D eigenvalue weighted by atomic mass is 10.3. The molecule has 4 rings (SSSR count). The number of thiazole rings is 1. The van der Waals surface area contributed by atoms with Crippen molar-refractivity contribution in [1.82, 2.24) is 9.88 Å². The molecule has 2 aromatic carbocycles. The van der Waals surface area contributed by atoms with E-state index in [1.165, 1.54) is 11.3 Å². The van der Waals surface area contributed by atoms with Crippen LogP contribution in [0.15, 0.2) is 42.5 Å². The lowest BCUT2D eigenvalue weighted by Crippen LogP contribution is -2.40. The van der Waals surface area contributed by atoms with Gasteiger partial charge in [-0.3, -0.25) is 14.6 Å². The number of fused-ring (bicyclic) bond motifs is 1. The van der Waals surface area contributed by atoms with Gasteiger partial charge in [-0.2, -0.15) is 0 Å². The number of amides is 1. The van der Waals surface area contributed by atoms with Gasteiger partial charge in [0.2, 0.25) is 0 Å². The fourth-order valence-corrected chi connectivity index (χ4v) is 4.69. The van der Waals surface area contributed by atoms with Crippen molar-refractivity contribution in [3.05, 3.63) is 42.5 Å². The third-order valence-electron chi connectivity index (χ3n) is 5.50. The number of benzene rings is 2. The zero-order valence-electron chi connectivity index (χ0n) is 19.4. The molecule has 184 valence electrons. The minimum Gasteiger partial charge on any atom is -0.497 e. The molecule has 34 heavy (non-hydrogen) atoms. The van der Waals surface area contributed by atoms with Gasteiger partial charge >= 0.3 is 0 Å². The Hall–Kier alpha value is -2.59. The topological polar surface area (TPSA) is 73.4 Å². The van der Waals surface area contributed by atoms with E-state index in [1.54, 1.807) is 31.3 Å². The number of hydrogen-bond acceptors (Lipinski definition) is 8. The number of ether oxygens (including phenoxy) is 4. The maximum atomic E-state index is 13.3. The number of carbonyl (C=O) groups is 1. The maximum Gasteiger partial charge on any atom is 0.266 e. The first-order valence-corrected chi connectivity index (χ1v) is 11.8. The second-order valence-electron chi connectivity index (χ2n) is 7.62. The zero-order valence-corrected chi connectivity index (χ0v) is 21.0. The van der Waals surface area contributed by atoms with Crippen LogP contribution in [-0.2, 0) is 9.53 Å². The first-order chi connectivity index (χ1) is 16.2. The smallest absolute Gasteiger partial charge is 0.266 e. The number of aromatic nitrogens is 1. The lowest BCUT2D eigenvalue weighted by Gasteiger charge is -2.27. The Morgan fingerprint density at radius 3 is 2.62 bits per heavy atom. The van der Waals surface area contributed by atoms with Gasteiger partial charge in [-0.1, -0.05) is 23.5 Å². The molecule has 2 heterocycles. The number of morpholine rings is 1. The number of nitrogens with zero attached hydrogens (tertiary/aromatic N) is 3. The van der Waals surface area contributed by atoms with Gasteiger partial charge in [0.1, 0.15) is 5.75 Å². The number of halogens is 1. The Kier molecular flexibility index (Phi) is 9.76. The molecule has 0 unspecified atom stereocenters. The summed E-state index contributed by atoms with van der Waals surface area (Å²) in [5.74, 6) is 1.73. The summed E-state index contributed by atoms with van der Waals surface area (Å²) in [5.41, 5.74) is 0.811. The second-order valence-corrected chi connectivity index (χ2v) is 8.63. The van der Waals surface area contributed by atoms with Crippen molar-refractivity contribution in [1.29, 1.82) is 0 Å². The predicted molar refractivity (Wildman–Crippen MR) is 136 cm³/mol. The summed E-state index contributed by atoms with van der Waals surface area (Å²) in [4.78, 5) is 22.1. The molecule has 1 amide bonds. The summed E-state index contributed by atoms with van der Waals surface area (Å²) in [7, 11) is 3.21. The third-order valence-corrected chi connectivity index (χ3v) is 6.55. The summed E-state index contributed by atoms with van der Waals surface area (Å²) in [6.07, 6.45) is 0.833. The fourth-order valence-electron chi connectivity index (χ4n) is 3.70. The van der Waals surface area contributed by atoms with E-state index in [9.17, 15) is 4.79 Å². The molecule has 0 atom stereocenters. The SMILES string of the molecule is COc1ccc2sc(N(CCCN3CCOCC3)C(=O)COc3ccccc3OC)nc2c1.Cl. The molecular formula is C24H30ClN3O5S. The summed E-state index contributed by atoms with van der Waals surface area (Å²) >= 11 is 1.49. The molecule has 0 N–H and O–H groups in total. The minimum atomic E-state index is -0.145. The van der Waals surface area contributed by atoms with Crippen LogP contribution in [0.25, 0.3) is 10.2 Å². The van der Waals surface area contributed by atoms with Crippen LogP contribution in [0.1, 0.15) is 6.42 Å². The van der Waals surface area contributed by atoms with Crippen molar-refractivity contribution in [2.45, 2.75) is 6.42 Å². The van der Waals surface area contributed by atoms with E-state index in [-0.39, 0.29) is 24.9 Å². The molecule has 1 aliphatic heterocycles. The van der Waals surface area contributed by atoms with Crippen molar-refractivity contribution >= 4 is 45.0 Å². The molecule has 1 aliphatic rings. The molecule has 0 bridgehead atoms. The fraction of sp³-hybridized carbons (Fsp3) is 0.417. The van der Waals surface area contributed by atoms with Gasteiger partial charge in [0, 0.05) is 32.2 Å². The highest BCUT2D eigenvalue weighted by Crippen LogP contribution is 2.32. The molecular weight excluding hydrogens is 478 g/mol. The van der Waals surface area contributed by atoms with Crippen LogP contribution in [0.4, 0.5) is 5.13 Å². The Morgan fingerprint density at radius 2 is 1.88 bits per heavy atom. The number of rotatable bonds is 10. The number of hydrogen-bond donors (Lipinski definition) is 0. The van der Waals surface area contributed by atoms with Gasteiger partial charge in [-0.05, 0) is 30.7 Å². The summed E-state index contributed by atoms with van der Waals surface area (Å²) < 4.78 is 22.9. The lowest BCUT2D eigenvalue weighted by molar-refractivity contribution is -0.120. The molecule has 0 saturated carbocycles. The normalized spacial score (nSPS) is 13.8. The van der Waals surface area contributed by atoms with Crippen molar-refractivity contribution < 1.29 is 23.7 Å². The highest BCUT2D eigenvalue weighted by atomic mass is 35.5. The second kappa shape index (κ2) is 12.8. The summed E-state index contributed by atoms with van der Waals surface area (Å²) in [6, 6.07) is 13.1.